The molecule has 0 fully saturated rings. The molecule has 9 heavy (non-hydrogen) atoms. The molecule has 2 heteroatoms. The Morgan fingerprint density at radius 1 is 1.67 bits per heavy atom. The summed E-state index contributed by atoms with van der Waals surface area (Å²) in [4.78, 5) is 0. The van der Waals surface area contributed by atoms with Crippen molar-refractivity contribution in [2.24, 2.45) is 0 Å². The number of rotatable bonds is 2. The van der Waals surface area contributed by atoms with Gasteiger partial charge in [0.15, 0.2) is 0 Å². The van der Waals surface area contributed by atoms with Gasteiger partial charge in [0.2, 0.25) is 0 Å². The summed E-state index contributed by atoms with van der Waals surface area (Å²) in [6.45, 7) is 4.68. The predicted octanol–water partition coefficient (Wildman–Crippen LogP) is 1.42. The summed E-state index contributed by atoms with van der Waals surface area (Å²) >= 11 is 0. The number of hydrogen-bond acceptors (Lipinski definition) is 1. The SMILES string of the molecule is CCOc1cbccc1. The normalized spacial score (nSPS) is 8.56. The van der Waals surface area contributed by atoms with Crippen molar-refractivity contribution in [2.45, 2.75) is 6.92 Å². The quantitative estimate of drug-likeness (QED) is 0.573. The second kappa shape index (κ2) is 3.28. The van der Waals surface area contributed by atoms with Crippen LogP contribution in [0.5, 0.6) is 5.75 Å². The van der Waals surface area contributed by atoms with Crippen LogP contribution in [-0.2, 0) is 0 Å². The fraction of sp³-hybridized carbons (Fsp3) is 0.286. The summed E-state index contributed by atoms with van der Waals surface area (Å²) in [5.41, 5.74) is 0. The minimum atomic E-state index is 0.740. The monoisotopic (exact) mass is 120 g/mol. The van der Waals surface area contributed by atoms with Gasteiger partial charge in [-0.25, -0.2) is 0 Å². The third-order valence-corrected chi connectivity index (χ3v) is 1.05. The van der Waals surface area contributed by atoms with Crippen molar-refractivity contribution in [3.05, 3.63) is 24.1 Å². The second-order valence-corrected chi connectivity index (χ2v) is 1.75. The predicted molar refractivity (Wildman–Crippen MR) is 39.0 cm³/mol. The summed E-state index contributed by atoms with van der Waals surface area (Å²) in [6.07, 6.45) is 0. The molecule has 0 bridgehead atoms. The Morgan fingerprint density at radius 3 is 3.11 bits per heavy atom. The molecule has 0 aliphatic carbocycles. The molecule has 1 aromatic heterocycles. The van der Waals surface area contributed by atoms with E-state index in [0.717, 1.165) is 12.4 Å². The zero-order chi connectivity index (χ0) is 6.53. The first kappa shape index (κ1) is 6.34. The van der Waals surface area contributed by atoms with Gasteiger partial charge in [0.25, 0.3) is 0 Å². The Kier molecular flexibility index (Phi) is 2.31. The van der Waals surface area contributed by atoms with E-state index in [1.54, 1.807) is 0 Å². The van der Waals surface area contributed by atoms with Crippen molar-refractivity contribution in [1.29, 1.82) is 0 Å². The van der Waals surface area contributed by atoms with Gasteiger partial charge >= 0.3 is 55.0 Å². The van der Waals surface area contributed by atoms with Crippen molar-refractivity contribution >= 4 is 6.91 Å². The molecule has 46 valence electrons. The molecule has 0 amide bonds. The van der Waals surface area contributed by atoms with Crippen LogP contribution >= 0.6 is 0 Å². The second-order valence-electron chi connectivity index (χ2n) is 1.75. The Balaban J connectivity index is 2.61. The average molecular weight is 120 g/mol. The van der Waals surface area contributed by atoms with Crippen LogP contribution in [-0.4, -0.2) is 13.5 Å². The van der Waals surface area contributed by atoms with E-state index >= 15 is 0 Å². The van der Waals surface area contributed by atoms with Crippen LogP contribution in [0.4, 0.5) is 0 Å². The Bertz CT molecular complexity index is 162. The molecule has 0 aliphatic heterocycles. The molecule has 0 radical (unpaired) electrons. The molecule has 1 aromatic rings. The fourth-order valence-corrected chi connectivity index (χ4v) is 0.683. The molecule has 0 N–H and O–H groups in total. The van der Waals surface area contributed by atoms with Crippen LogP contribution in [0.2, 0.25) is 0 Å². The fourth-order valence-electron chi connectivity index (χ4n) is 0.683. The first-order valence-corrected chi connectivity index (χ1v) is 3.11. The van der Waals surface area contributed by atoms with Gasteiger partial charge in [-0.15, -0.1) is 0 Å². The molecule has 0 atom stereocenters. The van der Waals surface area contributed by atoms with Crippen LogP contribution in [0.3, 0.4) is 0 Å². The van der Waals surface area contributed by atoms with E-state index in [0.29, 0.717) is 0 Å². The summed E-state index contributed by atoms with van der Waals surface area (Å²) in [6, 6.07) is 3.91. The van der Waals surface area contributed by atoms with E-state index in [9.17, 15) is 0 Å². The van der Waals surface area contributed by atoms with Gasteiger partial charge in [0.05, 0.1) is 0 Å². The summed E-state index contributed by atoms with van der Waals surface area (Å²) < 4.78 is 5.21. The van der Waals surface area contributed by atoms with E-state index in [4.69, 9.17) is 4.74 Å². The zero-order valence-electron chi connectivity index (χ0n) is 5.50. The topological polar surface area (TPSA) is 9.23 Å². The minimum absolute atomic E-state index is 0.740. The Labute approximate surface area is 55.9 Å². The summed E-state index contributed by atoms with van der Waals surface area (Å²) in [7, 11) is 0. The van der Waals surface area contributed by atoms with Gasteiger partial charge < -0.3 is 0 Å². The number of ether oxygens (including phenoxy) is 1. The molecule has 1 nitrogen and oxygen atoms in total. The first-order valence-electron chi connectivity index (χ1n) is 3.11. The average Bonchev–Trinajstić information content (AvgIpc) is 1.91. The third-order valence-electron chi connectivity index (χ3n) is 1.05. The van der Waals surface area contributed by atoms with E-state index in [1.165, 1.54) is 0 Å². The standard InChI is InChI=1S/C7H9BO/c1-2-9-7-4-3-5-8-6-7/h3-6H,2H2,1H3. The molecule has 0 aliphatic rings. The van der Waals surface area contributed by atoms with Gasteiger partial charge in [0, 0.05) is 0 Å². The third kappa shape index (κ3) is 1.88. The maximum absolute atomic E-state index is 5.21. The van der Waals surface area contributed by atoms with Crippen LogP contribution in [0.1, 0.15) is 6.92 Å². The van der Waals surface area contributed by atoms with Crippen LogP contribution in [0.15, 0.2) is 24.1 Å². The van der Waals surface area contributed by atoms with E-state index in [2.05, 4.69) is 0 Å². The van der Waals surface area contributed by atoms with Crippen LogP contribution in [0, 0.1) is 0 Å². The van der Waals surface area contributed by atoms with Gasteiger partial charge in [0.1, 0.15) is 0 Å². The van der Waals surface area contributed by atoms with Crippen molar-refractivity contribution in [1.82, 2.24) is 0 Å². The van der Waals surface area contributed by atoms with Crippen LogP contribution < -0.4 is 4.74 Å². The first-order chi connectivity index (χ1) is 4.43. The molecule has 1 heterocycles. The Hall–Kier alpha value is -0.785. The van der Waals surface area contributed by atoms with Crippen molar-refractivity contribution in [2.75, 3.05) is 6.61 Å². The van der Waals surface area contributed by atoms with Gasteiger partial charge in [-0.1, -0.05) is 0 Å². The maximum atomic E-state index is 5.21. The van der Waals surface area contributed by atoms with Crippen molar-refractivity contribution < 1.29 is 4.74 Å². The zero-order valence-corrected chi connectivity index (χ0v) is 5.50. The molecule has 0 spiro atoms. The van der Waals surface area contributed by atoms with E-state index in [-0.39, 0.29) is 0 Å². The van der Waals surface area contributed by atoms with Crippen molar-refractivity contribution in [3.8, 4) is 5.75 Å². The van der Waals surface area contributed by atoms with Crippen LogP contribution in [0.25, 0.3) is 0 Å². The molecule has 0 unspecified atom stereocenters. The van der Waals surface area contributed by atoms with E-state index < -0.39 is 0 Å². The van der Waals surface area contributed by atoms with Gasteiger partial charge in [-0.2, -0.15) is 0 Å². The van der Waals surface area contributed by atoms with E-state index in [1.807, 2.05) is 37.9 Å². The molecule has 0 aromatic carbocycles. The molecule has 0 saturated carbocycles. The Morgan fingerprint density at radius 2 is 2.56 bits per heavy atom. The summed E-state index contributed by atoms with van der Waals surface area (Å²) in [5, 5.41) is 0. The number of hydrogen-bond donors (Lipinski definition) is 0. The van der Waals surface area contributed by atoms with Gasteiger partial charge in [-0.05, 0) is 0 Å². The molecular formula is C7H9BO. The molecular weight excluding hydrogens is 111 g/mol. The molecule has 1 rings (SSSR count). The summed E-state index contributed by atoms with van der Waals surface area (Å²) in [5.74, 6) is 4.87. The van der Waals surface area contributed by atoms with Crippen molar-refractivity contribution in [3.63, 3.8) is 0 Å². The van der Waals surface area contributed by atoms with Gasteiger partial charge in [-0.3, -0.25) is 0 Å². The molecule has 0 saturated heterocycles.